The summed E-state index contributed by atoms with van der Waals surface area (Å²) in [4.78, 5) is 24.8. The summed E-state index contributed by atoms with van der Waals surface area (Å²) in [5, 5.41) is 12.5. The summed E-state index contributed by atoms with van der Waals surface area (Å²) in [6.07, 6.45) is 7.00. The van der Waals surface area contributed by atoms with Crippen molar-refractivity contribution in [3.63, 3.8) is 0 Å². The number of amides is 1. The van der Waals surface area contributed by atoms with Crippen molar-refractivity contribution in [1.29, 1.82) is 0 Å². The van der Waals surface area contributed by atoms with Crippen LogP contribution < -0.4 is 5.32 Å². The van der Waals surface area contributed by atoms with Crippen LogP contribution in [0.15, 0.2) is 28.7 Å². The van der Waals surface area contributed by atoms with Gasteiger partial charge < -0.3 is 10.4 Å². The summed E-state index contributed by atoms with van der Waals surface area (Å²) in [6.45, 7) is 0. The van der Waals surface area contributed by atoms with Gasteiger partial charge in [-0.15, -0.1) is 0 Å². The number of benzene rings is 1. The van der Waals surface area contributed by atoms with Crippen LogP contribution in [0.4, 0.5) is 0 Å². The van der Waals surface area contributed by atoms with Crippen LogP contribution in [0, 0.1) is 23.2 Å². The van der Waals surface area contributed by atoms with Gasteiger partial charge in [-0.05, 0) is 74.0 Å². The zero-order valence-electron chi connectivity index (χ0n) is 14.2. The molecule has 4 aliphatic rings. The van der Waals surface area contributed by atoms with Gasteiger partial charge in [0, 0.05) is 16.3 Å². The van der Waals surface area contributed by atoms with E-state index >= 15 is 0 Å². The molecule has 4 bridgehead atoms. The number of carboxylic acids is 1. The highest BCUT2D eigenvalue weighted by atomic mass is 79.9. The van der Waals surface area contributed by atoms with Gasteiger partial charge in [-0.1, -0.05) is 28.1 Å². The van der Waals surface area contributed by atoms with Gasteiger partial charge in [-0.25, -0.2) is 4.79 Å². The minimum atomic E-state index is -0.957. The molecule has 4 saturated carbocycles. The lowest BCUT2D eigenvalue weighted by atomic mass is 9.49. The smallest absolute Gasteiger partial charge is 0.326 e. The standard InChI is InChI=1S/C20H24BrNO3/c21-16-3-1-12(2-4-16)8-17(18(23)24)22-19(25)20-9-13-5-14(10-20)7-15(6-13)11-20/h1-4,13-15,17H,5-11H2,(H,22,25)(H,23,24)/t13?,14?,15?,17-,20?/m1/s1. The zero-order valence-corrected chi connectivity index (χ0v) is 15.8. The number of carbonyl (C=O) groups is 2. The van der Waals surface area contributed by atoms with E-state index in [0.717, 1.165) is 29.3 Å². The first-order chi connectivity index (χ1) is 11.9. The van der Waals surface area contributed by atoms with E-state index in [1.54, 1.807) is 0 Å². The first-order valence-corrected chi connectivity index (χ1v) is 10.0. The van der Waals surface area contributed by atoms with E-state index < -0.39 is 12.0 Å². The fourth-order valence-corrected chi connectivity index (χ4v) is 6.02. The second kappa shape index (κ2) is 6.42. The summed E-state index contributed by atoms with van der Waals surface area (Å²) in [6, 6.07) is 6.74. The van der Waals surface area contributed by atoms with E-state index in [1.807, 2.05) is 24.3 Å². The van der Waals surface area contributed by atoms with Crippen LogP contribution in [0.1, 0.15) is 44.1 Å². The number of aliphatic carboxylic acids is 1. The average Bonchev–Trinajstić information content (AvgIpc) is 2.54. The van der Waals surface area contributed by atoms with Crippen LogP contribution in [0.2, 0.25) is 0 Å². The van der Waals surface area contributed by atoms with Crippen molar-refractivity contribution in [2.45, 2.75) is 51.0 Å². The maximum Gasteiger partial charge on any atom is 0.326 e. The Hall–Kier alpha value is -1.36. The molecule has 2 N–H and O–H groups in total. The molecule has 4 nitrogen and oxygen atoms in total. The predicted molar refractivity (Wildman–Crippen MR) is 98.0 cm³/mol. The van der Waals surface area contributed by atoms with Crippen LogP contribution in [0.25, 0.3) is 0 Å². The Labute approximate surface area is 156 Å². The number of hydrogen-bond acceptors (Lipinski definition) is 2. The van der Waals surface area contributed by atoms with E-state index in [1.165, 1.54) is 19.3 Å². The van der Waals surface area contributed by atoms with Crippen molar-refractivity contribution in [3.8, 4) is 0 Å². The number of carbonyl (C=O) groups excluding carboxylic acids is 1. The Morgan fingerprint density at radius 3 is 2.08 bits per heavy atom. The maximum absolute atomic E-state index is 13.1. The zero-order chi connectivity index (χ0) is 17.6. The molecule has 1 aromatic rings. The van der Waals surface area contributed by atoms with Crippen molar-refractivity contribution in [3.05, 3.63) is 34.3 Å². The number of halogens is 1. The molecule has 0 saturated heterocycles. The van der Waals surface area contributed by atoms with Gasteiger partial charge in [-0.3, -0.25) is 4.79 Å². The van der Waals surface area contributed by atoms with Crippen molar-refractivity contribution in [2.75, 3.05) is 0 Å². The normalized spacial score (nSPS) is 33.9. The maximum atomic E-state index is 13.1. The van der Waals surface area contributed by atoms with Gasteiger partial charge in [0.2, 0.25) is 5.91 Å². The van der Waals surface area contributed by atoms with Gasteiger partial charge in [0.1, 0.15) is 6.04 Å². The number of nitrogens with one attached hydrogen (secondary N) is 1. The molecule has 0 heterocycles. The molecule has 0 radical (unpaired) electrons. The first kappa shape index (κ1) is 17.1. The highest BCUT2D eigenvalue weighted by molar-refractivity contribution is 9.10. The second-order valence-electron chi connectivity index (χ2n) is 8.39. The molecular formula is C20H24BrNO3. The first-order valence-electron chi connectivity index (χ1n) is 9.22. The Morgan fingerprint density at radius 2 is 1.60 bits per heavy atom. The predicted octanol–water partition coefficient (Wildman–Crippen LogP) is 3.78. The molecule has 0 spiro atoms. The number of carboxylic acid groups (broad SMARTS) is 1. The molecule has 0 aromatic heterocycles. The Balaban J connectivity index is 1.47. The van der Waals surface area contributed by atoms with Crippen molar-refractivity contribution in [1.82, 2.24) is 5.32 Å². The van der Waals surface area contributed by atoms with Crippen molar-refractivity contribution < 1.29 is 14.7 Å². The van der Waals surface area contributed by atoms with Gasteiger partial charge >= 0.3 is 5.97 Å². The SMILES string of the molecule is O=C(O)[C@@H](Cc1ccc(Br)cc1)NC(=O)C12CC3CC(CC(C3)C1)C2. The summed E-state index contributed by atoms with van der Waals surface area (Å²) < 4.78 is 0.959. The van der Waals surface area contributed by atoms with E-state index in [-0.39, 0.29) is 11.3 Å². The second-order valence-corrected chi connectivity index (χ2v) is 9.31. The third-order valence-electron chi connectivity index (χ3n) is 6.48. The monoisotopic (exact) mass is 405 g/mol. The molecule has 4 aliphatic carbocycles. The highest BCUT2D eigenvalue weighted by Crippen LogP contribution is 2.60. The fourth-order valence-electron chi connectivity index (χ4n) is 5.76. The average molecular weight is 406 g/mol. The lowest BCUT2D eigenvalue weighted by Crippen LogP contribution is -2.56. The van der Waals surface area contributed by atoms with E-state index in [9.17, 15) is 14.7 Å². The van der Waals surface area contributed by atoms with Gasteiger partial charge in [0.05, 0.1) is 0 Å². The highest BCUT2D eigenvalue weighted by Gasteiger charge is 2.54. The lowest BCUT2D eigenvalue weighted by molar-refractivity contribution is -0.151. The summed E-state index contributed by atoms with van der Waals surface area (Å²) in [7, 11) is 0. The van der Waals surface area contributed by atoms with Crippen LogP contribution >= 0.6 is 15.9 Å². The Bertz CT molecular complexity index is 649. The molecule has 25 heavy (non-hydrogen) atoms. The van der Waals surface area contributed by atoms with Crippen molar-refractivity contribution in [2.24, 2.45) is 23.2 Å². The minimum Gasteiger partial charge on any atom is -0.480 e. The molecule has 1 atom stereocenters. The Kier molecular flexibility index (Phi) is 4.38. The quantitative estimate of drug-likeness (QED) is 0.782. The molecule has 1 amide bonds. The molecule has 5 rings (SSSR count). The minimum absolute atomic E-state index is 0.0175. The fraction of sp³-hybridized carbons (Fsp3) is 0.600. The molecule has 1 aromatic carbocycles. The largest absolute Gasteiger partial charge is 0.480 e. The lowest BCUT2D eigenvalue weighted by Gasteiger charge is -2.55. The van der Waals surface area contributed by atoms with Crippen LogP contribution in [0.5, 0.6) is 0 Å². The molecule has 134 valence electrons. The van der Waals surface area contributed by atoms with E-state index in [2.05, 4.69) is 21.2 Å². The third-order valence-corrected chi connectivity index (χ3v) is 7.01. The third kappa shape index (κ3) is 3.35. The molecule has 5 heteroatoms. The van der Waals surface area contributed by atoms with E-state index in [0.29, 0.717) is 24.2 Å². The van der Waals surface area contributed by atoms with Crippen LogP contribution in [0.3, 0.4) is 0 Å². The van der Waals surface area contributed by atoms with Crippen molar-refractivity contribution >= 4 is 27.8 Å². The molecular weight excluding hydrogens is 382 g/mol. The van der Waals surface area contributed by atoms with Gasteiger partial charge in [0.15, 0.2) is 0 Å². The summed E-state index contributed by atoms with van der Waals surface area (Å²) in [5.41, 5.74) is 0.615. The molecule has 0 aliphatic heterocycles. The van der Waals surface area contributed by atoms with Gasteiger partial charge in [0.25, 0.3) is 0 Å². The van der Waals surface area contributed by atoms with Crippen LogP contribution in [-0.4, -0.2) is 23.0 Å². The summed E-state index contributed by atoms with van der Waals surface area (Å²) in [5.74, 6) is 1.04. The number of rotatable bonds is 5. The van der Waals surface area contributed by atoms with E-state index in [4.69, 9.17) is 0 Å². The molecule has 0 unspecified atom stereocenters. The van der Waals surface area contributed by atoms with Crippen LogP contribution in [-0.2, 0) is 16.0 Å². The van der Waals surface area contributed by atoms with Gasteiger partial charge in [-0.2, -0.15) is 0 Å². The summed E-state index contributed by atoms with van der Waals surface area (Å²) >= 11 is 3.39. The number of hydrogen-bond donors (Lipinski definition) is 2. The topological polar surface area (TPSA) is 66.4 Å². The Morgan fingerprint density at radius 1 is 1.08 bits per heavy atom. The molecule has 4 fully saturated rings.